The summed E-state index contributed by atoms with van der Waals surface area (Å²) in [6.07, 6.45) is 1.15. The van der Waals surface area contributed by atoms with E-state index in [4.69, 9.17) is 14.7 Å². The maximum absolute atomic E-state index is 15.4. The highest BCUT2D eigenvalue weighted by molar-refractivity contribution is 7.17. The number of likely N-dealkylation sites (tertiary alicyclic amines) is 1. The first kappa shape index (κ1) is 40.6. The summed E-state index contributed by atoms with van der Waals surface area (Å²) in [5, 5.41) is 17.2. The number of likely N-dealkylation sites (N-methyl/N-ethyl adjacent to an activating group) is 2. The van der Waals surface area contributed by atoms with Crippen LogP contribution in [0.3, 0.4) is 0 Å². The van der Waals surface area contributed by atoms with Gasteiger partial charge in [0.25, 0.3) is 0 Å². The molecule has 56 heavy (non-hydrogen) atoms. The molecule has 4 heterocycles. The Morgan fingerprint density at radius 2 is 1.73 bits per heavy atom. The number of carbonyl (C=O) groups is 3. The smallest absolute Gasteiger partial charge is 0.247 e. The Morgan fingerprint density at radius 1 is 1.00 bits per heavy atom. The summed E-state index contributed by atoms with van der Waals surface area (Å²) in [5.74, 6) is 0.0199. The second-order valence-corrected chi connectivity index (χ2v) is 16.2. The van der Waals surface area contributed by atoms with Gasteiger partial charge in [0.2, 0.25) is 23.7 Å². The molecule has 14 nitrogen and oxygen atoms in total. The summed E-state index contributed by atoms with van der Waals surface area (Å²) >= 11 is 1.49. The van der Waals surface area contributed by atoms with Gasteiger partial charge in [0.1, 0.15) is 23.7 Å². The fourth-order valence-corrected chi connectivity index (χ4v) is 7.80. The third kappa shape index (κ3) is 9.14. The highest BCUT2D eigenvalue weighted by atomic mass is 32.1. The minimum Gasteiger partial charge on any atom is -0.494 e. The molecule has 0 aliphatic carbocycles. The number of amides is 3. The van der Waals surface area contributed by atoms with E-state index in [1.165, 1.54) is 24.5 Å². The number of nitrogens with zero attached hydrogens (tertiary/aromatic N) is 5. The van der Waals surface area contributed by atoms with E-state index in [0.29, 0.717) is 59.7 Å². The molecule has 2 saturated heterocycles. The number of aromatic nitrogens is 2. The van der Waals surface area contributed by atoms with E-state index < -0.39 is 23.5 Å². The van der Waals surface area contributed by atoms with E-state index in [0.717, 1.165) is 42.9 Å². The monoisotopic (exact) mass is 788 g/mol. The number of halogens is 1. The van der Waals surface area contributed by atoms with Crippen molar-refractivity contribution in [2.24, 2.45) is 5.41 Å². The van der Waals surface area contributed by atoms with Crippen molar-refractivity contribution in [3.05, 3.63) is 53.7 Å². The van der Waals surface area contributed by atoms with Crippen molar-refractivity contribution in [1.29, 1.82) is 0 Å². The number of benzene rings is 2. The Bertz CT molecular complexity index is 2050. The molecule has 0 spiro atoms. The van der Waals surface area contributed by atoms with Crippen LogP contribution in [0.2, 0.25) is 0 Å². The summed E-state index contributed by atoms with van der Waals surface area (Å²) in [6, 6.07) is 10.3. The van der Waals surface area contributed by atoms with Gasteiger partial charge in [-0.15, -0.1) is 11.3 Å². The highest BCUT2D eigenvalue weighted by Gasteiger charge is 2.42. The largest absolute Gasteiger partial charge is 0.494 e. The van der Waals surface area contributed by atoms with Gasteiger partial charge in [0.15, 0.2) is 5.82 Å². The summed E-state index contributed by atoms with van der Waals surface area (Å²) in [6.45, 7) is 14.3. The van der Waals surface area contributed by atoms with Crippen LogP contribution in [0.4, 0.5) is 38.9 Å². The molecule has 4 aromatic rings. The first-order chi connectivity index (χ1) is 26.8. The Hall–Kier alpha value is -5.06. The lowest BCUT2D eigenvalue weighted by Crippen LogP contribution is -2.59. The third-order valence-electron chi connectivity index (χ3n) is 10.5. The molecule has 2 fully saturated rings. The number of ether oxygens (including phenoxy) is 1. The van der Waals surface area contributed by atoms with E-state index >= 15 is 4.39 Å². The minimum atomic E-state index is -0.816. The molecule has 0 radical (unpaired) electrons. The van der Waals surface area contributed by atoms with Crippen LogP contribution >= 0.6 is 11.3 Å². The summed E-state index contributed by atoms with van der Waals surface area (Å²) < 4.78 is 21.9. The van der Waals surface area contributed by atoms with E-state index in [9.17, 15) is 14.4 Å². The van der Waals surface area contributed by atoms with Gasteiger partial charge < -0.3 is 46.0 Å². The molecule has 6 rings (SSSR count). The van der Waals surface area contributed by atoms with Crippen LogP contribution in [-0.4, -0.2) is 109 Å². The summed E-state index contributed by atoms with van der Waals surface area (Å²) in [7, 11) is 3.19. The number of rotatable bonds is 13. The van der Waals surface area contributed by atoms with Crippen molar-refractivity contribution in [3.63, 3.8) is 0 Å². The van der Waals surface area contributed by atoms with Crippen LogP contribution in [0.15, 0.2) is 47.8 Å². The lowest BCUT2D eigenvalue weighted by Gasteiger charge is -2.36. The van der Waals surface area contributed by atoms with Crippen LogP contribution in [0, 0.1) is 11.2 Å². The Morgan fingerprint density at radius 3 is 2.41 bits per heavy atom. The molecule has 2 aliphatic heterocycles. The van der Waals surface area contributed by atoms with Crippen LogP contribution in [0.25, 0.3) is 10.2 Å². The van der Waals surface area contributed by atoms with Gasteiger partial charge >= 0.3 is 0 Å². The van der Waals surface area contributed by atoms with E-state index in [2.05, 4.69) is 43.3 Å². The van der Waals surface area contributed by atoms with Crippen molar-refractivity contribution in [1.82, 2.24) is 30.4 Å². The molecule has 0 bridgehead atoms. The maximum Gasteiger partial charge on any atom is 0.247 e. The molecule has 5 N–H and O–H groups in total. The molecule has 300 valence electrons. The fourth-order valence-electron chi connectivity index (χ4n) is 7.02. The van der Waals surface area contributed by atoms with Gasteiger partial charge in [0, 0.05) is 50.2 Å². The predicted octanol–water partition coefficient (Wildman–Crippen LogP) is 5.54. The summed E-state index contributed by atoms with van der Waals surface area (Å²) in [5.41, 5.74) is 2.34. The topological polar surface area (TPSA) is 156 Å². The molecule has 2 aromatic heterocycles. The molecule has 16 heteroatoms. The minimum absolute atomic E-state index is 0.287. The number of anilines is 6. The zero-order valence-corrected chi connectivity index (χ0v) is 34.0. The van der Waals surface area contributed by atoms with Crippen LogP contribution in [0.1, 0.15) is 47.5 Å². The third-order valence-corrected chi connectivity index (χ3v) is 11.4. The molecule has 2 aliphatic rings. The zero-order valence-electron chi connectivity index (χ0n) is 33.2. The molecule has 3 amide bonds. The second kappa shape index (κ2) is 17.4. The Kier molecular flexibility index (Phi) is 12.6. The van der Waals surface area contributed by atoms with Gasteiger partial charge in [0.05, 0.1) is 34.7 Å². The number of hydrogen-bond donors (Lipinski definition) is 5. The number of piperazine rings is 1. The van der Waals surface area contributed by atoms with E-state index in [1.807, 2.05) is 44.4 Å². The van der Waals surface area contributed by atoms with Gasteiger partial charge in [-0.25, -0.2) is 9.37 Å². The van der Waals surface area contributed by atoms with Crippen molar-refractivity contribution in [3.8, 4) is 5.75 Å². The first-order valence-corrected chi connectivity index (χ1v) is 20.0. The van der Waals surface area contributed by atoms with Crippen molar-refractivity contribution in [2.75, 3.05) is 74.3 Å². The number of fused-ring (bicyclic) bond motifs is 1. The zero-order chi connectivity index (χ0) is 40.1. The SMILES string of the molecule is CCN1CCN(c2ccc(Nc3nc(Nc4ccc(NC(=O)[C@H]5CCCN5C(=O)[C@@H](NC(=O)[C@H](C)NC)C(C)(C)C)c(OC)c4)nc4ccsc34)cc2F)CC1. The predicted molar refractivity (Wildman–Crippen MR) is 221 cm³/mol. The lowest BCUT2D eigenvalue weighted by molar-refractivity contribution is -0.143. The van der Waals surface area contributed by atoms with Gasteiger partial charge in [-0.3, -0.25) is 14.4 Å². The number of carbonyl (C=O) groups excluding carboxylic acids is 3. The summed E-state index contributed by atoms with van der Waals surface area (Å²) in [4.78, 5) is 55.8. The number of methoxy groups -OCH3 is 1. The Balaban J connectivity index is 1.15. The Labute approximate surface area is 331 Å². The van der Waals surface area contributed by atoms with Crippen molar-refractivity contribution in [2.45, 2.75) is 65.6 Å². The van der Waals surface area contributed by atoms with Crippen LogP contribution < -0.4 is 36.2 Å². The van der Waals surface area contributed by atoms with Gasteiger partial charge in [-0.05, 0) is 80.6 Å². The molecular formula is C40H53FN10O4S. The normalized spacial score (nSPS) is 17.4. The molecular weight excluding hydrogens is 736 g/mol. The highest BCUT2D eigenvalue weighted by Crippen LogP contribution is 2.34. The van der Waals surface area contributed by atoms with E-state index in [-0.39, 0.29) is 23.5 Å². The van der Waals surface area contributed by atoms with Crippen LogP contribution in [-0.2, 0) is 14.4 Å². The second-order valence-electron chi connectivity index (χ2n) is 15.3. The average molecular weight is 789 g/mol. The fraction of sp³-hybridized carbons (Fsp3) is 0.475. The van der Waals surface area contributed by atoms with Crippen LogP contribution in [0.5, 0.6) is 5.75 Å². The van der Waals surface area contributed by atoms with Crippen molar-refractivity contribution < 1.29 is 23.5 Å². The molecule has 2 aromatic carbocycles. The number of nitrogens with one attached hydrogen (secondary N) is 5. The molecule has 0 saturated carbocycles. The van der Waals surface area contributed by atoms with Gasteiger partial charge in [-0.1, -0.05) is 27.7 Å². The standard InChI is InChI=1S/C40H53FN10O4S/c1-8-49-17-19-50(20-18-49)30-14-12-25(22-27(30)41)43-35-33-29(15-21-56-33)46-39(48-35)44-26-11-13-28(32(23-26)55-7)45-37(53)31-10-9-16-51(31)38(54)34(40(3,4)5)47-36(52)24(2)42-6/h11-15,21-24,31,34,42H,8-10,16-20H2,1-7H3,(H,45,53)(H,47,52)(H2,43,44,46,48)/t24-,31+,34+/m0/s1. The maximum atomic E-state index is 15.4. The van der Waals surface area contributed by atoms with Gasteiger partial charge in [-0.2, -0.15) is 4.98 Å². The number of thiophene rings is 1. The van der Waals surface area contributed by atoms with E-state index in [1.54, 1.807) is 37.1 Å². The molecule has 0 unspecified atom stereocenters. The molecule has 3 atom stereocenters. The average Bonchev–Trinajstić information content (AvgIpc) is 3.87. The lowest BCUT2D eigenvalue weighted by atomic mass is 9.85. The quantitative estimate of drug-likeness (QED) is 0.116. The first-order valence-electron chi connectivity index (χ1n) is 19.1. The van der Waals surface area contributed by atoms with Crippen molar-refractivity contribution >= 4 is 73.8 Å². The number of hydrogen-bond acceptors (Lipinski definition) is 12.